The van der Waals surface area contributed by atoms with Crippen LogP contribution in [0.4, 0.5) is 13.2 Å². The van der Waals surface area contributed by atoms with Crippen molar-refractivity contribution in [1.29, 1.82) is 0 Å². The summed E-state index contributed by atoms with van der Waals surface area (Å²) in [7, 11) is 0. The number of hydrogen-bond donors (Lipinski definition) is 1. The molecule has 1 aromatic carbocycles. The third-order valence-corrected chi connectivity index (χ3v) is 4.13. The van der Waals surface area contributed by atoms with E-state index in [1.54, 1.807) is 13.8 Å². The number of rotatable bonds is 5. The molecule has 29 heavy (non-hydrogen) atoms. The van der Waals surface area contributed by atoms with Crippen LogP contribution in [0.25, 0.3) is 5.95 Å². The molecule has 0 radical (unpaired) electrons. The second kappa shape index (κ2) is 7.96. The summed E-state index contributed by atoms with van der Waals surface area (Å²) >= 11 is 11.6. The molecule has 0 saturated carbocycles. The molecular weight excluding hydrogens is 436 g/mol. The van der Waals surface area contributed by atoms with E-state index < -0.39 is 29.1 Å². The molecule has 0 aliphatic carbocycles. The summed E-state index contributed by atoms with van der Waals surface area (Å²) < 4.78 is 52.1. The molecule has 3 aromatic rings. The minimum absolute atomic E-state index is 0.0490. The van der Waals surface area contributed by atoms with Gasteiger partial charge >= 0.3 is 6.18 Å². The van der Waals surface area contributed by atoms with E-state index in [2.05, 4.69) is 15.1 Å². The van der Waals surface area contributed by atoms with Gasteiger partial charge < -0.3 is 9.47 Å². The summed E-state index contributed by atoms with van der Waals surface area (Å²) in [4.78, 5) is 18.1. The first-order chi connectivity index (χ1) is 13.5. The molecule has 154 valence electrons. The Hall–Kier alpha value is -2.72. The van der Waals surface area contributed by atoms with Crippen molar-refractivity contribution < 1.29 is 22.6 Å². The van der Waals surface area contributed by atoms with E-state index in [1.165, 1.54) is 30.6 Å². The third-order valence-electron chi connectivity index (χ3n) is 3.39. The van der Waals surface area contributed by atoms with Gasteiger partial charge in [-0.3, -0.25) is 9.78 Å². The van der Waals surface area contributed by atoms with E-state index in [4.69, 9.17) is 32.7 Å². The van der Waals surface area contributed by atoms with Crippen molar-refractivity contribution in [2.24, 2.45) is 0 Å². The molecule has 3 rings (SSSR count). The van der Waals surface area contributed by atoms with Crippen molar-refractivity contribution in [3.8, 4) is 23.2 Å². The molecule has 0 spiro atoms. The number of halogens is 5. The standard InChI is InChI=1S/C17H13Cl2F3N4O3/c1-8(2)28-10-6-23-26(7-10)16-24-14(17(20,21)22)13(15(27)25-16)29-9-3-4-11(18)12(19)5-9/h3-8H,1-2H3,(H,24,25,27). The van der Waals surface area contributed by atoms with Gasteiger partial charge in [-0.1, -0.05) is 23.2 Å². The van der Waals surface area contributed by atoms with Gasteiger partial charge in [-0.05, 0) is 26.0 Å². The molecule has 2 heterocycles. The van der Waals surface area contributed by atoms with Crippen LogP contribution in [0.15, 0.2) is 35.4 Å². The second-order valence-corrected chi connectivity index (χ2v) is 6.84. The highest BCUT2D eigenvalue weighted by molar-refractivity contribution is 6.42. The number of aromatic amines is 1. The van der Waals surface area contributed by atoms with Crippen LogP contribution >= 0.6 is 23.2 Å². The molecule has 1 N–H and O–H groups in total. The van der Waals surface area contributed by atoms with E-state index in [0.717, 1.165) is 4.68 Å². The lowest BCUT2D eigenvalue weighted by atomic mass is 10.3. The van der Waals surface area contributed by atoms with E-state index >= 15 is 0 Å². The molecule has 0 aliphatic heterocycles. The van der Waals surface area contributed by atoms with Crippen molar-refractivity contribution >= 4 is 23.2 Å². The van der Waals surface area contributed by atoms with Crippen LogP contribution in [-0.4, -0.2) is 25.9 Å². The Bertz CT molecular complexity index is 1100. The molecule has 0 aliphatic rings. The lowest BCUT2D eigenvalue weighted by molar-refractivity contribution is -0.142. The van der Waals surface area contributed by atoms with Gasteiger partial charge in [0.1, 0.15) is 5.75 Å². The first-order valence-corrected chi connectivity index (χ1v) is 8.86. The Kier molecular flexibility index (Phi) is 5.76. The number of H-pyrrole nitrogens is 1. The first kappa shape index (κ1) is 21.0. The fraction of sp³-hybridized carbons (Fsp3) is 0.235. The first-order valence-electron chi connectivity index (χ1n) is 8.10. The van der Waals surface area contributed by atoms with Crippen molar-refractivity contribution in [3.05, 3.63) is 56.7 Å². The normalized spacial score (nSPS) is 11.7. The van der Waals surface area contributed by atoms with Gasteiger partial charge in [-0.15, -0.1) is 0 Å². The third kappa shape index (κ3) is 4.83. The summed E-state index contributed by atoms with van der Waals surface area (Å²) in [5.74, 6) is -1.31. The number of aromatic nitrogens is 4. The number of hydrogen-bond acceptors (Lipinski definition) is 5. The Balaban J connectivity index is 2.05. The SMILES string of the molecule is CC(C)Oc1cnn(-c2nc(C(F)(F)F)c(Oc3ccc(Cl)c(Cl)c3)c(=O)[nH]2)c1. The molecule has 0 bridgehead atoms. The number of nitrogens with one attached hydrogen (secondary N) is 1. The maximum absolute atomic E-state index is 13.6. The quantitative estimate of drug-likeness (QED) is 0.602. The fourth-order valence-electron chi connectivity index (χ4n) is 2.26. The van der Waals surface area contributed by atoms with Gasteiger partial charge in [0, 0.05) is 6.07 Å². The molecule has 12 heteroatoms. The van der Waals surface area contributed by atoms with Gasteiger partial charge in [-0.25, -0.2) is 9.67 Å². The maximum atomic E-state index is 13.6. The summed E-state index contributed by atoms with van der Waals surface area (Å²) in [6.45, 7) is 3.54. The zero-order valence-electron chi connectivity index (χ0n) is 14.9. The summed E-state index contributed by atoms with van der Waals surface area (Å²) in [6, 6.07) is 3.77. The van der Waals surface area contributed by atoms with Gasteiger partial charge in [0.25, 0.3) is 5.56 Å². The minimum Gasteiger partial charge on any atom is -0.488 e. The van der Waals surface area contributed by atoms with Crippen LogP contribution in [0.5, 0.6) is 17.2 Å². The predicted molar refractivity (Wildman–Crippen MR) is 99.3 cm³/mol. The Labute approximate surface area is 172 Å². The highest BCUT2D eigenvalue weighted by Gasteiger charge is 2.39. The van der Waals surface area contributed by atoms with Gasteiger partial charge in [0.2, 0.25) is 11.7 Å². The number of alkyl halides is 3. The van der Waals surface area contributed by atoms with Gasteiger partial charge in [0.05, 0.1) is 28.5 Å². The predicted octanol–water partition coefficient (Wildman–Crippen LogP) is 4.86. The Morgan fingerprint density at radius 1 is 1.17 bits per heavy atom. The fourth-order valence-corrected chi connectivity index (χ4v) is 2.55. The van der Waals surface area contributed by atoms with Crippen molar-refractivity contribution in [3.63, 3.8) is 0 Å². The van der Waals surface area contributed by atoms with Crippen LogP contribution in [0.2, 0.25) is 10.0 Å². The Morgan fingerprint density at radius 3 is 2.52 bits per heavy atom. The zero-order chi connectivity index (χ0) is 21.3. The number of benzene rings is 1. The second-order valence-electron chi connectivity index (χ2n) is 6.03. The van der Waals surface area contributed by atoms with E-state index in [9.17, 15) is 18.0 Å². The van der Waals surface area contributed by atoms with Crippen LogP contribution < -0.4 is 15.0 Å². The average Bonchev–Trinajstić information content (AvgIpc) is 3.06. The average molecular weight is 449 g/mol. The molecule has 7 nitrogen and oxygen atoms in total. The van der Waals surface area contributed by atoms with Crippen molar-refractivity contribution in [1.82, 2.24) is 19.7 Å². The smallest absolute Gasteiger partial charge is 0.437 e. The maximum Gasteiger partial charge on any atom is 0.437 e. The molecular formula is C17H13Cl2F3N4O3. The Morgan fingerprint density at radius 2 is 1.90 bits per heavy atom. The summed E-state index contributed by atoms with van der Waals surface area (Å²) in [5, 5.41) is 4.08. The molecule has 0 fully saturated rings. The number of nitrogens with zero attached hydrogens (tertiary/aromatic N) is 3. The lowest BCUT2D eigenvalue weighted by Gasteiger charge is -2.13. The largest absolute Gasteiger partial charge is 0.488 e. The van der Waals surface area contributed by atoms with E-state index in [0.29, 0.717) is 5.75 Å². The summed E-state index contributed by atoms with van der Waals surface area (Å²) in [6.07, 6.45) is -2.57. The van der Waals surface area contributed by atoms with Gasteiger partial charge in [-0.2, -0.15) is 18.3 Å². The lowest BCUT2D eigenvalue weighted by Crippen LogP contribution is -2.22. The molecule has 0 saturated heterocycles. The zero-order valence-corrected chi connectivity index (χ0v) is 16.4. The number of ether oxygens (including phenoxy) is 2. The monoisotopic (exact) mass is 448 g/mol. The van der Waals surface area contributed by atoms with E-state index in [-0.39, 0.29) is 21.9 Å². The molecule has 0 atom stereocenters. The summed E-state index contributed by atoms with van der Waals surface area (Å²) in [5.41, 5.74) is -2.68. The molecule has 2 aromatic heterocycles. The van der Waals surface area contributed by atoms with Crippen molar-refractivity contribution in [2.75, 3.05) is 0 Å². The van der Waals surface area contributed by atoms with Crippen LogP contribution in [-0.2, 0) is 6.18 Å². The highest BCUT2D eigenvalue weighted by atomic mass is 35.5. The highest BCUT2D eigenvalue weighted by Crippen LogP contribution is 2.36. The molecule has 0 unspecified atom stereocenters. The van der Waals surface area contributed by atoms with Crippen LogP contribution in [0.3, 0.4) is 0 Å². The van der Waals surface area contributed by atoms with Gasteiger partial charge in [0.15, 0.2) is 11.4 Å². The van der Waals surface area contributed by atoms with Crippen molar-refractivity contribution in [2.45, 2.75) is 26.1 Å². The van der Waals surface area contributed by atoms with E-state index in [1.807, 2.05) is 0 Å². The molecule has 0 amide bonds. The van der Waals surface area contributed by atoms with Crippen LogP contribution in [0, 0.1) is 0 Å². The topological polar surface area (TPSA) is 82.0 Å². The van der Waals surface area contributed by atoms with Crippen LogP contribution in [0.1, 0.15) is 19.5 Å². The minimum atomic E-state index is -4.97.